The van der Waals surface area contributed by atoms with Gasteiger partial charge in [0.05, 0.1) is 11.7 Å². The van der Waals surface area contributed by atoms with Crippen molar-refractivity contribution in [2.24, 2.45) is 21.5 Å². The Balaban J connectivity index is 0.000000562. The number of nitrogens with zero attached hydrogens (tertiary/aromatic N) is 2. The van der Waals surface area contributed by atoms with E-state index in [1.54, 1.807) is 25.7 Å². The third-order valence-corrected chi connectivity index (χ3v) is 4.06. The molecule has 1 aromatic rings. The lowest BCUT2D eigenvalue weighted by atomic mass is 10.2. The molecular formula is C19H30FN5OS. The van der Waals surface area contributed by atoms with Crippen LogP contribution in [-0.4, -0.2) is 35.6 Å². The number of nitrogens with two attached hydrogens (primary N) is 2. The predicted molar refractivity (Wildman–Crippen MR) is 116 cm³/mol. The molecule has 0 radical (unpaired) electrons. The highest BCUT2D eigenvalue weighted by molar-refractivity contribution is 8.13. The molecule has 0 spiro atoms. The summed E-state index contributed by atoms with van der Waals surface area (Å²) < 4.78 is 12.6. The highest BCUT2D eigenvalue weighted by atomic mass is 32.2. The average molecular weight is 396 g/mol. The molecule has 2 rings (SSSR count). The summed E-state index contributed by atoms with van der Waals surface area (Å²) in [5.41, 5.74) is 12.2. The Morgan fingerprint density at radius 3 is 2.41 bits per heavy atom. The second-order valence-corrected chi connectivity index (χ2v) is 6.49. The van der Waals surface area contributed by atoms with Crippen LogP contribution in [0, 0.1) is 5.82 Å². The summed E-state index contributed by atoms with van der Waals surface area (Å²) in [6, 6.07) is 5.89. The van der Waals surface area contributed by atoms with Gasteiger partial charge in [-0.15, -0.1) is 0 Å². The minimum atomic E-state index is -0.445. The van der Waals surface area contributed by atoms with Gasteiger partial charge in [0.25, 0.3) is 5.91 Å². The number of rotatable bonds is 3. The number of aliphatic imine (C=N–C) groups is 2. The van der Waals surface area contributed by atoms with Crippen LogP contribution in [0.5, 0.6) is 0 Å². The molecule has 1 heterocycles. The number of thioether (sulfide) groups is 1. The zero-order chi connectivity index (χ0) is 20.8. The van der Waals surface area contributed by atoms with Crippen LogP contribution in [0.1, 0.15) is 34.1 Å². The Labute approximate surface area is 165 Å². The van der Waals surface area contributed by atoms with E-state index in [2.05, 4.69) is 22.2 Å². The predicted octanol–water partition coefficient (Wildman–Crippen LogP) is 3.55. The van der Waals surface area contributed by atoms with Crippen LogP contribution in [0.15, 0.2) is 46.0 Å². The van der Waals surface area contributed by atoms with Gasteiger partial charge in [0.2, 0.25) is 0 Å². The van der Waals surface area contributed by atoms with Gasteiger partial charge in [-0.05, 0) is 50.6 Å². The Morgan fingerprint density at radius 2 is 1.96 bits per heavy atom. The molecule has 0 saturated carbocycles. The van der Waals surface area contributed by atoms with E-state index < -0.39 is 5.91 Å². The number of halogens is 1. The van der Waals surface area contributed by atoms with E-state index in [0.29, 0.717) is 17.4 Å². The third-order valence-electron chi connectivity index (χ3n) is 3.21. The molecular weight excluding hydrogens is 365 g/mol. The Morgan fingerprint density at radius 1 is 1.37 bits per heavy atom. The number of nitrogens with one attached hydrogen (secondary N) is 1. The number of allylic oxidation sites excluding steroid dienone is 1. The summed E-state index contributed by atoms with van der Waals surface area (Å²) in [5, 5.41) is 3.30. The number of benzene rings is 1. The van der Waals surface area contributed by atoms with Crippen molar-refractivity contribution in [2.45, 2.75) is 40.2 Å². The molecule has 0 aliphatic carbocycles. The van der Waals surface area contributed by atoms with E-state index in [1.807, 2.05) is 13.8 Å². The Bertz CT molecular complexity index is 671. The lowest BCUT2D eigenvalue weighted by Crippen LogP contribution is -2.20. The molecule has 1 atom stereocenters. The molecule has 8 heteroatoms. The van der Waals surface area contributed by atoms with Crippen molar-refractivity contribution in [3.8, 4) is 0 Å². The monoisotopic (exact) mass is 395 g/mol. The van der Waals surface area contributed by atoms with Gasteiger partial charge in [-0.1, -0.05) is 25.6 Å². The van der Waals surface area contributed by atoms with E-state index in [0.717, 1.165) is 10.9 Å². The van der Waals surface area contributed by atoms with Crippen molar-refractivity contribution >= 4 is 34.2 Å². The number of amides is 1. The van der Waals surface area contributed by atoms with E-state index in [1.165, 1.54) is 36.8 Å². The first kappa shape index (κ1) is 24.7. The number of anilines is 1. The fourth-order valence-electron chi connectivity index (χ4n) is 1.74. The molecule has 0 bridgehead atoms. The lowest BCUT2D eigenvalue weighted by molar-refractivity contribution is -0.112. The summed E-state index contributed by atoms with van der Waals surface area (Å²) in [5.74, 6) is 0.330. The van der Waals surface area contributed by atoms with Crippen LogP contribution in [0.3, 0.4) is 0 Å². The van der Waals surface area contributed by atoms with Gasteiger partial charge in [-0.2, -0.15) is 0 Å². The zero-order valence-electron chi connectivity index (χ0n) is 16.6. The van der Waals surface area contributed by atoms with Crippen LogP contribution in [0.4, 0.5) is 10.1 Å². The number of carbonyl (C=O) groups is 1. The molecule has 0 saturated heterocycles. The minimum absolute atomic E-state index is 0.0532. The van der Waals surface area contributed by atoms with Crippen molar-refractivity contribution in [3.63, 3.8) is 0 Å². The van der Waals surface area contributed by atoms with Crippen molar-refractivity contribution in [1.82, 2.24) is 0 Å². The van der Waals surface area contributed by atoms with Crippen molar-refractivity contribution in [1.29, 1.82) is 0 Å². The van der Waals surface area contributed by atoms with Crippen molar-refractivity contribution < 1.29 is 9.18 Å². The molecule has 0 fully saturated rings. The van der Waals surface area contributed by atoms with Crippen LogP contribution in [0.25, 0.3) is 0 Å². The molecule has 27 heavy (non-hydrogen) atoms. The molecule has 1 amide bonds. The highest BCUT2D eigenvalue weighted by Crippen LogP contribution is 2.13. The first-order chi connectivity index (χ1) is 12.8. The van der Waals surface area contributed by atoms with E-state index in [9.17, 15) is 9.18 Å². The molecule has 1 unspecified atom stereocenters. The normalized spacial score (nSPS) is 16.8. The molecule has 1 aromatic carbocycles. The first-order valence-electron chi connectivity index (χ1n) is 8.75. The third kappa shape index (κ3) is 11.1. The molecule has 6 nitrogen and oxygen atoms in total. The highest BCUT2D eigenvalue weighted by Gasteiger charge is 2.07. The second kappa shape index (κ2) is 13.8. The summed E-state index contributed by atoms with van der Waals surface area (Å²) in [7, 11) is 1.61. The van der Waals surface area contributed by atoms with Crippen LogP contribution >= 0.6 is 11.8 Å². The van der Waals surface area contributed by atoms with Gasteiger partial charge >= 0.3 is 0 Å². The zero-order valence-corrected chi connectivity index (χ0v) is 17.4. The fourth-order valence-corrected chi connectivity index (χ4v) is 2.67. The number of amidine groups is 1. The van der Waals surface area contributed by atoms with Crippen molar-refractivity contribution in [2.75, 3.05) is 18.1 Å². The summed E-state index contributed by atoms with van der Waals surface area (Å²) in [6.45, 7) is 7.82. The SMILES string of the molecule is CC.CC1CCSC(N)=N1.CN=C(C)/C=C(\N)C(=O)Nc1ccc(F)cc1. The molecule has 5 N–H and O–H groups in total. The maximum Gasteiger partial charge on any atom is 0.271 e. The van der Waals surface area contributed by atoms with Crippen LogP contribution in [0.2, 0.25) is 0 Å². The number of carbonyl (C=O) groups excluding carboxylic acids is 1. The summed E-state index contributed by atoms with van der Waals surface area (Å²) in [4.78, 5) is 19.6. The molecule has 1 aliphatic heterocycles. The van der Waals surface area contributed by atoms with Crippen LogP contribution in [-0.2, 0) is 4.79 Å². The van der Waals surface area contributed by atoms with Crippen LogP contribution < -0.4 is 16.8 Å². The quantitative estimate of drug-likeness (QED) is 0.537. The standard InChI is InChI=1S/C12H14FN3O.C5H10N2S.C2H6/c1-8(15-2)7-11(14)12(17)16-10-5-3-9(13)4-6-10;1-4-2-3-8-5(6)7-4;1-2/h3-7H,14H2,1-2H3,(H,16,17);4H,2-3H2,1H3,(H2,6,7);1-2H3/b11-7-,15-8?;;. The van der Waals surface area contributed by atoms with Crippen molar-refractivity contribution in [3.05, 3.63) is 41.9 Å². The maximum absolute atomic E-state index is 12.6. The average Bonchev–Trinajstić information content (AvgIpc) is 2.65. The van der Waals surface area contributed by atoms with E-state index in [4.69, 9.17) is 11.5 Å². The summed E-state index contributed by atoms with van der Waals surface area (Å²) in [6.07, 6.45) is 2.64. The second-order valence-electron chi connectivity index (χ2n) is 5.38. The number of hydrogen-bond donors (Lipinski definition) is 3. The van der Waals surface area contributed by atoms with E-state index in [-0.39, 0.29) is 11.5 Å². The Kier molecular flexibility index (Phi) is 12.6. The van der Waals surface area contributed by atoms with Gasteiger partial charge in [0, 0.05) is 24.2 Å². The molecule has 0 aromatic heterocycles. The lowest BCUT2D eigenvalue weighted by Gasteiger charge is -2.12. The van der Waals surface area contributed by atoms with E-state index >= 15 is 0 Å². The van der Waals surface area contributed by atoms with Gasteiger partial charge in [0.1, 0.15) is 5.82 Å². The largest absolute Gasteiger partial charge is 0.394 e. The first-order valence-corrected chi connectivity index (χ1v) is 9.74. The van der Waals surface area contributed by atoms with Gasteiger partial charge < -0.3 is 16.8 Å². The smallest absolute Gasteiger partial charge is 0.271 e. The molecule has 150 valence electrons. The Hall–Kier alpha value is -2.35. The topological polar surface area (TPSA) is 106 Å². The molecule has 1 aliphatic rings. The fraction of sp³-hybridized carbons (Fsp3) is 0.421. The van der Waals surface area contributed by atoms with Gasteiger partial charge in [-0.25, -0.2) is 4.39 Å². The minimum Gasteiger partial charge on any atom is -0.394 e. The summed E-state index contributed by atoms with van der Waals surface area (Å²) >= 11 is 1.65. The van der Waals surface area contributed by atoms with Gasteiger partial charge in [-0.3, -0.25) is 14.8 Å². The van der Waals surface area contributed by atoms with Gasteiger partial charge in [0.15, 0.2) is 5.17 Å². The number of hydrogen-bond acceptors (Lipinski definition) is 6. The maximum atomic E-state index is 12.6.